The van der Waals surface area contributed by atoms with Crippen LogP contribution in [0.1, 0.15) is 5.56 Å². The van der Waals surface area contributed by atoms with Crippen LogP contribution in [-0.2, 0) is 9.59 Å². The van der Waals surface area contributed by atoms with Crippen molar-refractivity contribution >= 4 is 23.2 Å². The summed E-state index contributed by atoms with van der Waals surface area (Å²) in [6.45, 7) is 1.62. The Kier molecular flexibility index (Phi) is 6.05. The molecule has 0 radical (unpaired) electrons. The molecule has 25 heavy (non-hydrogen) atoms. The van der Waals surface area contributed by atoms with Gasteiger partial charge in [-0.1, -0.05) is 17.7 Å². The summed E-state index contributed by atoms with van der Waals surface area (Å²) in [7, 11) is 1.48. The first kappa shape index (κ1) is 18.4. The van der Waals surface area contributed by atoms with E-state index in [-0.39, 0.29) is 30.6 Å². The predicted octanol–water partition coefficient (Wildman–Crippen LogP) is 2.78. The SMILES string of the molecule is Cc1ccc(NC(=O)CN(C)C(=O)CNc2cc(F)cc(F)c2)cc1. The molecule has 2 aromatic carbocycles. The molecule has 0 aliphatic rings. The van der Waals surface area contributed by atoms with Gasteiger partial charge in [0.2, 0.25) is 11.8 Å². The molecule has 0 unspecified atom stereocenters. The Bertz CT molecular complexity index is 743. The molecule has 0 saturated carbocycles. The number of benzene rings is 2. The lowest BCUT2D eigenvalue weighted by Gasteiger charge is -2.17. The van der Waals surface area contributed by atoms with E-state index in [1.165, 1.54) is 11.9 Å². The smallest absolute Gasteiger partial charge is 0.243 e. The zero-order valence-electron chi connectivity index (χ0n) is 14.0. The van der Waals surface area contributed by atoms with Crippen LogP contribution >= 0.6 is 0 Å². The van der Waals surface area contributed by atoms with Crippen molar-refractivity contribution in [3.63, 3.8) is 0 Å². The number of hydrogen-bond donors (Lipinski definition) is 2. The molecule has 0 atom stereocenters. The molecule has 0 aromatic heterocycles. The lowest BCUT2D eigenvalue weighted by atomic mass is 10.2. The van der Waals surface area contributed by atoms with Gasteiger partial charge in [0.05, 0.1) is 13.1 Å². The molecule has 2 rings (SSSR count). The van der Waals surface area contributed by atoms with Crippen molar-refractivity contribution in [3.05, 3.63) is 59.7 Å². The molecule has 2 aromatic rings. The Morgan fingerprint density at radius 1 is 1.00 bits per heavy atom. The zero-order valence-corrected chi connectivity index (χ0v) is 14.0. The van der Waals surface area contributed by atoms with E-state index in [9.17, 15) is 18.4 Å². The van der Waals surface area contributed by atoms with E-state index in [0.717, 1.165) is 23.8 Å². The van der Waals surface area contributed by atoms with Gasteiger partial charge in [-0.05, 0) is 31.2 Å². The van der Waals surface area contributed by atoms with Crippen LogP contribution in [-0.4, -0.2) is 36.9 Å². The van der Waals surface area contributed by atoms with Gasteiger partial charge >= 0.3 is 0 Å². The number of aryl methyl sites for hydroxylation is 1. The number of carbonyl (C=O) groups excluding carboxylic acids is 2. The topological polar surface area (TPSA) is 61.4 Å². The maximum Gasteiger partial charge on any atom is 0.243 e. The lowest BCUT2D eigenvalue weighted by Crippen LogP contribution is -2.38. The van der Waals surface area contributed by atoms with Crippen LogP contribution < -0.4 is 10.6 Å². The number of amides is 2. The van der Waals surface area contributed by atoms with Crippen LogP contribution in [0.3, 0.4) is 0 Å². The van der Waals surface area contributed by atoms with Crippen molar-refractivity contribution in [2.24, 2.45) is 0 Å². The third kappa shape index (κ3) is 5.87. The minimum atomic E-state index is -0.735. The Labute approximate surface area is 144 Å². The second kappa shape index (κ2) is 8.23. The van der Waals surface area contributed by atoms with Gasteiger partial charge in [0.25, 0.3) is 0 Å². The number of rotatable bonds is 6. The maximum absolute atomic E-state index is 13.1. The van der Waals surface area contributed by atoms with Crippen LogP contribution in [0.2, 0.25) is 0 Å². The molecule has 2 N–H and O–H groups in total. The van der Waals surface area contributed by atoms with Gasteiger partial charge in [-0.3, -0.25) is 9.59 Å². The first-order valence-electron chi connectivity index (χ1n) is 7.64. The van der Waals surface area contributed by atoms with E-state index >= 15 is 0 Å². The number of likely N-dealkylation sites (N-methyl/N-ethyl adjacent to an activating group) is 1. The van der Waals surface area contributed by atoms with E-state index in [2.05, 4.69) is 10.6 Å². The minimum absolute atomic E-state index is 0.133. The molecule has 0 saturated heterocycles. The number of anilines is 2. The molecule has 0 heterocycles. The number of nitrogens with zero attached hydrogens (tertiary/aromatic N) is 1. The van der Waals surface area contributed by atoms with Gasteiger partial charge in [-0.25, -0.2) is 8.78 Å². The molecule has 2 amide bonds. The molecule has 0 fully saturated rings. The highest BCUT2D eigenvalue weighted by Crippen LogP contribution is 2.12. The number of carbonyl (C=O) groups is 2. The summed E-state index contributed by atoms with van der Waals surface area (Å²) in [5, 5.41) is 5.32. The highest BCUT2D eigenvalue weighted by molar-refractivity contribution is 5.95. The zero-order chi connectivity index (χ0) is 18.4. The molecule has 7 heteroatoms. The van der Waals surface area contributed by atoms with Gasteiger partial charge in [0, 0.05) is 24.5 Å². The van der Waals surface area contributed by atoms with Gasteiger partial charge < -0.3 is 15.5 Å². The third-order valence-electron chi connectivity index (χ3n) is 3.45. The van der Waals surface area contributed by atoms with Gasteiger partial charge in [-0.2, -0.15) is 0 Å². The summed E-state index contributed by atoms with van der Waals surface area (Å²) in [5.74, 6) is -2.19. The Morgan fingerprint density at radius 2 is 1.60 bits per heavy atom. The van der Waals surface area contributed by atoms with Crippen LogP contribution in [0, 0.1) is 18.6 Å². The molecule has 0 aliphatic heterocycles. The van der Waals surface area contributed by atoms with Gasteiger partial charge in [0.15, 0.2) is 0 Å². The number of nitrogens with one attached hydrogen (secondary N) is 2. The first-order valence-corrected chi connectivity index (χ1v) is 7.64. The average molecular weight is 347 g/mol. The number of halogens is 2. The van der Waals surface area contributed by atoms with Gasteiger partial charge in [0.1, 0.15) is 11.6 Å². The van der Waals surface area contributed by atoms with E-state index in [1.54, 1.807) is 12.1 Å². The highest BCUT2D eigenvalue weighted by atomic mass is 19.1. The van der Waals surface area contributed by atoms with Crippen molar-refractivity contribution in [2.75, 3.05) is 30.8 Å². The first-order chi connectivity index (χ1) is 11.8. The summed E-state index contributed by atoms with van der Waals surface area (Å²) in [6.07, 6.45) is 0. The summed E-state index contributed by atoms with van der Waals surface area (Å²) in [6, 6.07) is 10.2. The second-order valence-electron chi connectivity index (χ2n) is 5.68. The minimum Gasteiger partial charge on any atom is -0.376 e. The molecular formula is C18H19F2N3O2. The van der Waals surface area contributed by atoms with Crippen molar-refractivity contribution in [1.82, 2.24) is 4.90 Å². The lowest BCUT2D eigenvalue weighted by molar-refractivity contribution is -0.131. The fourth-order valence-corrected chi connectivity index (χ4v) is 2.11. The molecule has 0 spiro atoms. The average Bonchev–Trinajstić information content (AvgIpc) is 2.53. The van der Waals surface area contributed by atoms with E-state index in [1.807, 2.05) is 19.1 Å². The summed E-state index contributed by atoms with van der Waals surface area (Å²) < 4.78 is 26.2. The van der Waals surface area contributed by atoms with Crippen molar-refractivity contribution < 1.29 is 18.4 Å². The summed E-state index contributed by atoms with van der Waals surface area (Å²) >= 11 is 0. The predicted molar refractivity (Wildman–Crippen MR) is 92.3 cm³/mol. The molecule has 132 valence electrons. The number of hydrogen-bond acceptors (Lipinski definition) is 3. The van der Waals surface area contributed by atoms with Crippen LogP contribution in [0.4, 0.5) is 20.2 Å². The Hall–Kier alpha value is -2.96. The monoisotopic (exact) mass is 347 g/mol. The standard InChI is InChI=1S/C18H19F2N3O2/c1-12-3-5-15(6-4-12)22-17(24)11-23(2)18(25)10-21-16-8-13(19)7-14(20)9-16/h3-9,21H,10-11H2,1-2H3,(H,22,24). The highest BCUT2D eigenvalue weighted by Gasteiger charge is 2.13. The Morgan fingerprint density at radius 3 is 2.20 bits per heavy atom. The largest absolute Gasteiger partial charge is 0.376 e. The summed E-state index contributed by atoms with van der Waals surface area (Å²) in [4.78, 5) is 25.2. The molecule has 5 nitrogen and oxygen atoms in total. The van der Waals surface area contributed by atoms with E-state index in [0.29, 0.717) is 5.69 Å². The fraction of sp³-hybridized carbons (Fsp3) is 0.222. The third-order valence-corrected chi connectivity index (χ3v) is 3.45. The van der Waals surface area contributed by atoms with Crippen LogP contribution in [0.5, 0.6) is 0 Å². The van der Waals surface area contributed by atoms with Crippen molar-refractivity contribution in [2.45, 2.75) is 6.92 Å². The van der Waals surface area contributed by atoms with Crippen molar-refractivity contribution in [1.29, 1.82) is 0 Å². The van der Waals surface area contributed by atoms with Crippen LogP contribution in [0.15, 0.2) is 42.5 Å². The van der Waals surface area contributed by atoms with E-state index < -0.39 is 11.6 Å². The maximum atomic E-state index is 13.1. The Balaban J connectivity index is 1.82. The van der Waals surface area contributed by atoms with Crippen molar-refractivity contribution in [3.8, 4) is 0 Å². The van der Waals surface area contributed by atoms with E-state index in [4.69, 9.17) is 0 Å². The quantitative estimate of drug-likeness (QED) is 0.845. The van der Waals surface area contributed by atoms with Crippen LogP contribution in [0.25, 0.3) is 0 Å². The second-order valence-corrected chi connectivity index (χ2v) is 5.68. The fourth-order valence-electron chi connectivity index (χ4n) is 2.11. The normalized spacial score (nSPS) is 10.2. The summed E-state index contributed by atoms with van der Waals surface area (Å²) in [5.41, 5.74) is 1.87. The molecule has 0 bridgehead atoms. The van der Waals surface area contributed by atoms with Gasteiger partial charge in [-0.15, -0.1) is 0 Å². The molecule has 0 aliphatic carbocycles. The molecular weight excluding hydrogens is 328 g/mol.